The van der Waals surface area contributed by atoms with Gasteiger partial charge in [-0.05, 0) is 31.6 Å². The van der Waals surface area contributed by atoms with Crippen LogP contribution in [-0.4, -0.2) is 85.7 Å². The number of nitrogens with two attached hydrogens (primary N) is 2. The van der Waals surface area contributed by atoms with Gasteiger partial charge in [0.05, 0.1) is 26.2 Å². The number of hydrogen-bond donors (Lipinski definition) is 8. The lowest BCUT2D eigenvalue weighted by Crippen LogP contribution is -2.54. The normalized spacial score (nSPS) is 13.1. The fourth-order valence-electron chi connectivity index (χ4n) is 3.17. The predicted octanol–water partition coefficient (Wildman–Crippen LogP) is -3.65. The van der Waals surface area contributed by atoms with E-state index in [9.17, 15) is 33.6 Å². The summed E-state index contributed by atoms with van der Waals surface area (Å²) in [4.78, 5) is 83.8. The number of rotatable bonds is 17. The van der Waals surface area contributed by atoms with Gasteiger partial charge in [0, 0.05) is 0 Å². The molecule has 0 aromatic carbocycles. The van der Waals surface area contributed by atoms with Crippen LogP contribution in [0, 0.1) is 11.8 Å². The second-order valence-corrected chi connectivity index (χ2v) is 9.61. The van der Waals surface area contributed by atoms with Crippen molar-refractivity contribution in [2.24, 2.45) is 23.3 Å². The highest BCUT2D eigenvalue weighted by atomic mass is 16.2. The molecule has 7 amide bonds. The Labute approximate surface area is 222 Å². The van der Waals surface area contributed by atoms with E-state index in [1.807, 2.05) is 27.7 Å². The maximum atomic E-state index is 12.4. The minimum Gasteiger partial charge on any atom is -0.368 e. The largest absolute Gasteiger partial charge is 0.368 e. The summed E-state index contributed by atoms with van der Waals surface area (Å²) in [6, 6.07) is -2.84. The van der Waals surface area contributed by atoms with Gasteiger partial charge < -0.3 is 43.4 Å². The third-order valence-electron chi connectivity index (χ3n) is 4.96. The van der Waals surface area contributed by atoms with E-state index in [0.717, 1.165) is 0 Å². The summed E-state index contributed by atoms with van der Waals surface area (Å²) in [6.07, 6.45) is 0.626. The minimum atomic E-state index is -1.04. The molecule has 0 fully saturated rings. The standard InChI is InChI=1S/C23H42N8O7/c1-12(2)6-15(30-18(33)8-24)23(38)28-10-19(34)29-14(5)21(36)27-11-20(35)31-16(7-13(3)4)22(37)26-9-17(25)32/h12-16H,6-11,24H2,1-5H3,(H2,25,32)(H,26,37)(H,27,36)(H,28,38)(H,29,34)(H,30,33)(H,31,35). The average Bonchev–Trinajstić information content (AvgIpc) is 2.82. The Morgan fingerprint density at radius 1 is 0.579 bits per heavy atom. The van der Waals surface area contributed by atoms with E-state index in [0.29, 0.717) is 6.42 Å². The van der Waals surface area contributed by atoms with Crippen LogP contribution < -0.4 is 43.4 Å². The summed E-state index contributed by atoms with van der Waals surface area (Å²) in [5, 5.41) is 14.5. The highest BCUT2D eigenvalue weighted by Gasteiger charge is 2.24. The minimum absolute atomic E-state index is 0.0440. The van der Waals surface area contributed by atoms with Crippen molar-refractivity contribution in [3.63, 3.8) is 0 Å². The van der Waals surface area contributed by atoms with Crippen molar-refractivity contribution in [1.29, 1.82) is 0 Å². The summed E-state index contributed by atoms with van der Waals surface area (Å²) >= 11 is 0. The molecule has 10 N–H and O–H groups in total. The Morgan fingerprint density at radius 2 is 0.974 bits per heavy atom. The molecule has 0 radical (unpaired) electrons. The van der Waals surface area contributed by atoms with Gasteiger partial charge in [-0.1, -0.05) is 27.7 Å². The topological polar surface area (TPSA) is 244 Å². The maximum absolute atomic E-state index is 12.4. The second-order valence-electron chi connectivity index (χ2n) is 9.61. The first kappa shape index (κ1) is 34.2. The number of carbonyl (C=O) groups is 7. The quantitative estimate of drug-likeness (QED) is 0.0908. The Bertz CT molecular complexity index is 863. The molecule has 0 spiro atoms. The molecule has 15 nitrogen and oxygen atoms in total. The predicted molar refractivity (Wildman–Crippen MR) is 138 cm³/mol. The zero-order valence-electron chi connectivity index (χ0n) is 22.6. The molecule has 0 heterocycles. The van der Waals surface area contributed by atoms with Gasteiger partial charge in [-0.3, -0.25) is 33.6 Å². The van der Waals surface area contributed by atoms with E-state index in [1.165, 1.54) is 6.92 Å². The summed E-state index contributed by atoms with van der Waals surface area (Å²) in [5.74, 6) is -4.26. The van der Waals surface area contributed by atoms with Crippen molar-refractivity contribution in [2.45, 2.75) is 65.6 Å². The van der Waals surface area contributed by atoms with Crippen molar-refractivity contribution in [2.75, 3.05) is 26.2 Å². The van der Waals surface area contributed by atoms with E-state index < -0.39 is 72.6 Å². The van der Waals surface area contributed by atoms with Crippen LogP contribution in [-0.2, 0) is 33.6 Å². The molecule has 38 heavy (non-hydrogen) atoms. The lowest BCUT2D eigenvalue weighted by atomic mass is 10.0. The lowest BCUT2D eigenvalue weighted by molar-refractivity contribution is -0.132. The summed E-state index contributed by atoms with van der Waals surface area (Å²) in [6.45, 7) is 7.23. The second kappa shape index (κ2) is 17.7. The molecule has 216 valence electrons. The number of primary amides is 1. The highest BCUT2D eigenvalue weighted by molar-refractivity contribution is 5.94. The van der Waals surface area contributed by atoms with Crippen molar-refractivity contribution >= 4 is 41.4 Å². The first-order valence-corrected chi connectivity index (χ1v) is 12.4. The van der Waals surface area contributed by atoms with Crippen LogP contribution >= 0.6 is 0 Å². The van der Waals surface area contributed by atoms with Gasteiger partial charge in [0.2, 0.25) is 41.4 Å². The molecule has 0 aromatic heterocycles. The molecule has 0 saturated carbocycles. The molecule has 3 atom stereocenters. The fraction of sp³-hybridized carbons (Fsp3) is 0.696. The van der Waals surface area contributed by atoms with Gasteiger partial charge in [0.25, 0.3) is 0 Å². The van der Waals surface area contributed by atoms with E-state index in [2.05, 4.69) is 31.9 Å². The Kier molecular flexibility index (Phi) is 15.9. The monoisotopic (exact) mass is 542 g/mol. The van der Waals surface area contributed by atoms with E-state index in [4.69, 9.17) is 11.5 Å². The zero-order valence-corrected chi connectivity index (χ0v) is 22.6. The molecule has 0 aromatic rings. The number of carbonyl (C=O) groups excluding carboxylic acids is 7. The number of hydrogen-bond acceptors (Lipinski definition) is 8. The Balaban J connectivity index is 4.71. The summed E-state index contributed by atoms with van der Waals surface area (Å²) in [7, 11) is 0. The van der Waals surface area contributed by atoms with Crippen molar-refractivity contribution < 1.29 is 33.6 Å². The number of nitrogens with one attached hydrogen (secondary N) is 6. The molecule has 3 unspecified atom stereocenters. The van der Waals surface area contributed by atoms with Gasteiger partial charge in [0.15, 0.2) is 0 Å². The van der Waals surface area contributed by atoms with Crippen LogP contribution in [0.3, 0.4) is 0 Å². The first-order chi connectivity index (χ1) is 17.7. The molecular formula is C23H42N8O7. The lowest BCUT2D eigenvalue weighted by Gasteiger charge is -2.21. The molecular weight excluding hydrogens is 500 g/mol. The van der Waals surface area contributed by atoms with Crippen LogP contribution in [0.25, 0.3) is 0 Å². The molecule has 0 saturated heterocycles. The fourth-order valence-corrected chi connectivity index (χ4v) is 3.17. The van der Waals surface area contributed by atoms with E-state index in [1.54, 1.807) is 0 Å². The molecule has 0 aliphatic carbocycles. The van der Waals surface area contributed by atoms with Crippen LogP contribution in [0.2, 0.25) is 0 Å². The van der Waals surface area contributed by atoms with Crippen LogP contribution in [0.1, 0.15) is 47.5 Å². The van der Waals surface area contributed by atoms with Gasteiger partial charge in [-0.25, -0.2) is 0 Å². The first-order valence-electron chi connectivity index (χ1n) is 12.4. The average molecular weight is 543 g/mol. The third-order valence-corrected chi connectivity index (χ3v) is 4.96. The molecule has 0 aliphatic rings. The Morgan fingerprint density at radius 3 is 1.39 bits per heavy atom. The van der Waals surface area contributed by atoms with Gasteiger partial charge in [-0.2, -0.15) is 0 Å². The van der Waals surface area contributed by atoms with E-state index >= 15 is 0 Å². The smallest absolute Gasteiger partial charge is 0.243 e. The van der Waals surface area contributed by atoms with Crippen LogP contribution in [0.4, 0.5) is 0 Å². The summed E-state index contributed by atoms with van der Waals surface area (Å²) < 4.78 is 0. The molecule has 0 rings (SSSR count). The van der Waals surface area contributed by atoms with Crippen molar-refractivity contribution in [3.05, 3.63) is 0 Å². The van der Waals surface area contributed by atoms with E-state index in [-0.39, 0.29) is 31.3 Å². The van der Waals surface area contributed by atoms with Gasteiger partial charge in [0.1, 0.15) is 18.1 Å². The molecule has 0 aliphatic heterocycles. The number of amides is 7. The van der Waals surface area contributed by atoms with Gasteiger partial charge >= 0.3 is 0 Å². The maximum Gasteiger partial charge on any atom is 0.243 e. The third kappa shape index (κ3) is 15.4. The molecule has 15 heteroatoms. The van der Waals surface area contributed by atoms with Crippen molar-refractivity contribution in [3.8, 4) is 0 Å². The zero-order chi connectivity index (χ0) is 29.4. The van der Waals surface area contributed by atoms with Gasteiger partial charge in [-0.15, -0.1) is 0 Å². The van der Waals surface area contributed by atoms with Crippen molar-refractivity contribution in [1.82, 2.24) is 31.9 Å². The Hall–Kier alpha value is -3.75. The summed E-state index contributed by atoms with van der Waals surface area (Å²) in [5.41, 5.74) is 10.3. The SMILES string of the molecule is CC(C)CC(NC(=O)CN)C(=O)NCC(=O)NC(C)C(=O)NCC(=O)NC(CC(C)C)C(=O)NCC(N)=O. The molecule has 0 bridgehead atoms. The van der Waals surface area contributed by atoms with Crippen LogP contribution in [0.15, 0.2) is 0 Å². The van der Waals surface area contributed by atoms with Crippen LogP contribution in [0.5, 0.6) is 0 Å². The highest BCUT2D eigenvalue weighted by Crippen LogP contribution is 2.06.